The van der Waals surface area contributed by atoms with E-state index in [9.17, 15) is 14.4 Å². The molecule has 0 spiro atoms. The van der Waals surface area contributed by atoms with Gasteiger partial charge in [0.05, 0.1) is 11.6 Å². The lowest BCUT2D eigenvalue weighted by atomic mass is 9.95. The van der Waals surface area contributed by atoms with Crippen molar-refractivity contribution in [2.24, 2.45) is 0 Å². The first-order chi connectivity index (χ1) is 24.9. The summed E-state index contributed by atoms with van der Waals surface area (Å²) in [5.41, 5.74) is 6.15. The van der Waals surface area contributed by atoms with Crippen molar-refractivity contribution in [3.05, 3.63) is 136 Å². The van der Waals surface area contributed by atoms with E-state index in [0.717, 1.165) is 36.4 Å². The number of halogens is 1. The molecule has 2 fully saturated rings. The topological polar surface area (TPSA) is 88.2 Å². The van der Waals surface area contributed by atoms with Gasteiger partial charge in [-0.3, -0.25) is 19.3 Å². The number of piperazine rings is 2. The number of rotatable bonds is 9. The summed E-state index contributed by atoms with van der Waals surface area (Å²) in [6.45, 7) is 6.69. The summed E-state index contributed by atoms with van der Waals surface area (Å²) < 4.78 is 0. The van der Waals surface area contributed by atoms with Crippen LogP contribution in [0.25, 0.3) is 0 Å². The van der Waals surface area contributed by atoms with E-state index in [1.807, 2.05) is 76.5 Å². The Morgan fingerprint density at radius 2 is 1.35 bits per heavy atom. The summed E-state index contributed by atoms with van der Waals surface area (Å²) in [6.07, 6.45) is 0.936. The Balaban J connectivity index is 0.983. The predicted octanol–water partition coefficient (Wildman–Crippen LogP) is 4.39. The van der Waals surface area contributed by atoms with E-state index in [-0.39, 0.29) is 17.7 Å². The molecule has 0 saturated carbocycles. The number of nitrogens with one attached hydrogen (secondary N) is 2. The minimum Gasteiger partial charge on any atom is -0.367 e. The maximum atomic E-state index is 14.1. The van der Waals surface area contributed by atoms with E-state index < -0.39 is 12.1 Å². The Hall–Kier alpha value is -4.70. The zero-order chi connectivity index (χ0) is 35.2. The molecular formula is C41H45ClN6O3. The minimum atomic E-state index is -0.724. The smallest absolute Gasteiger partial charge is 0.256 e. The van der Waals surface area contributed by atoms with Crippen molar-refractivity contribution in [2.75, 3.05) is 57.3 Å². The Labute approximate surface area is 305 Å². The number of hydrogen-bond acceptors (Lipinski definition) is 6. The molecule has 3 aliphatic heterocycles. The maximum absolute atomic E-state index is 14.1. The van der Waals surface area contributed by atoms with Crippen LogP contribution in [-0.4, -0.2) is 96.9 Å². The fourth-order valence-corrected chi connectivity index (χ4v) is 7.53. The van der Waals surface area contributed by atoms with Gasteiger partial charge < -0.3 is 25.3 Å². The molecule has 51 heavy (non-hydrogen) atoms. The Bertz CT molecular complexity index is 1820. The fraction of sp³-hybridized carbons (Fsp3) is 0.341. The van der Waals surface area contributed by atoms with Gasteiger partial charge in [0.25, 0.3) is 5.91 Å². The second-order valence-corrected chi connectivity index (χ2v) is 14.1. The zero-order valence-electron chi connectivity index (χ0n) is 28.8. The van der Waals surface area contributed by atoms with Gasteiger partial charge in [-0.25, -0.2) is 0 Å². The van der Waals surface area contributed by atoms with Crippen molar-refractivity contribution in [3.8, 4) is 0 Å². The second kappa shape index (κ2) is 16.1. The highest BCUT2D eigenvalue weighted by Gasteiger charge is 2.33. The molecular weight excluding hydrogens is 660 g/mol. The molecule has 0 bridgehead atoms. The molecule has 3 amide bonds. The molecule has 3 aliphatic rings. The van der Waals surface area contributed by atoms with Gasteiger partial charge in [0.1, 0.15) is 6.04 Å². The van der Waals surface area contributed by atoms with Gasteiger partial charge in [-0.2, -0.15) is 0 Å². The number of nitrogens with zero attached hydrogens (tertiary/aromatic N) is 4. The lowest BCUT2D eigenvalue weighted by Gasteiger charge is -2.39. The number of anilines is 1. The number of hydrogen-bond donors (Lipinski definition) is 2. The van der Waals surface area contributed by atoms with Crippen LogP contribution in [0, 0.1) is 0 Å². The van der Waals surface area contributed by atoms with Gasteiger partial charge in [-0.1, -0.05) is 90.5 Å². The summed E-state index contributed by atoms with van der Waals surface area (Å²) >= 11 is 6.15. The molecule has 0 aliphatic carbocycles. The normalized spacial score (nSPS) is 18.5. The lowest BCUT2D eigenvalue weighted by molar-refractivity contribution is -0.137. The molecule has 7 rings (SSSR count). The first-order valence-electron chi connectivity index (χ1n) is 17.9. The van der Waals surface area contributed by atoms with Crippen LogP contribution in [0.3, 0.4) is 0 Å². The summed E-state index contributed by atoms with van der Waals surface area (Å²) in [7, 11) is 0. The summed E-state index contributed by atoms with van der Waals surface area (Å²) in [5.74, 6) is -0.233. The quantitative estimate of drug-likeness (QED) is 0.269. The molecule has 4 aromatic rings. The molecule has 264 valence electrons. The van der Waals surface area contributed by atoms with Crippen LogP contribution in [0.15, 0.2) is 103 Å². The van der Waals surface area contributed by atoms with Crippen LogP contribution in [-0.2, 0) is 35.5 Å². The third-order valence-electron chi connectivity index (χ3n) is 10.3. The van der Waals surface area contributed by atoms with Crippen LogP contribution >= 0.6 is 11.6 Å². The second-order valence-electron chi connectivity index (χ2n) is 13.7. The zero-order valence-corrected chi connectivity index (χ0v) is 29.6. The van der Waals surface area contributed by atoms with Crippen molar-refractivity contribution in [1.82, 2.24) is 25.3 Å². The van der Waals surface area contributed by atoms with Crippen LogP contribution in [0.5, 0.6) is 0 Å². The number of carbonyl (C=O) groups excluding carboxylic acids is 3. The molecule has 0 radical (unpaired) electrons. The number of amides is 3. The molecule has 9 nitrogen and oxygen atoms in total. The van der Waals surface area contributed by atoms with Gasteiger partial charge in [-0.05, 0) is 52.9 Å². The van der Waals surface area contributed by atoms with E-state index in [1.54, 1.807) is 0 Å². The number of benzene rings is 4. The number of fused-ring (bicyclic) bond motifs is 1. The van der Waals surface area contributed by atoms with Crippen molar-refractivity contribution < 1.29 is 14.4 Å². The van der Waals surface area contributed by atoms with E-state index in [2.05, 4.69) is 56.8 Å². The van der Waals surface area contributed by atoms with Gasteiger partial charge in [0.2, 0.25) is 11.8 Å². The standard InChI is InChI=1S/C41H45ClN6O3/c42-34-16-14-30(15-17-34)26-37(44-39(49)36-27-32-10-4-5-11-33(32)28-43-36)41(51)48-24-22-46(23-25-48)38-13-7-6-12-35(38)40(50)47-20-18-45(19-21-47)29-31-8-2-1-3-9-31/h1-17,36-37,43H,18-29H2,(H,44,49). The molecule has 2 saturated heterocycles. The summed E-state index contributed by atoms with van der Waals surface area (Å²) in [5, 5.41) is 7.08. The van der Waals surface area contributed by atoms with E-state index in [0.29, 0.717) is 69.2 Å². The van der Waals surface area contributed by atoms with Crippen LogP contribution in [0.2, 0.25) is 5.02 Å². The first-order valence-corrected chi connectivity index (χ1v) is 18.3. The lowest BCUT2D eigenvalue weighted by Crippen LogP contribution is -2.58. The predicted molar refractivity (Wildman–Crippen MR) is 201 cm³/mol. The third-order valence-corrected chi connectivity index (χ3v) is 10.6. The van der Waals surface area contributed by atoms with Crippen LogP contribution in [0.4, 0.5) is 5.69 Å². The van der Waals surface area contributed by atoms with Crippen LogP contribution in [0.1, 0.15) is 32.6 Å². The fourth-order valence-electron chi connectivity index (χ4n) is 7.41. The Morgan fingerprint density at radius 3 is 2.10 bits per heavy atom. The van der Waals surface area contributed by atoms with E-state index in [4.69, 9.17) is 11.6 Å². The van der Waals surface area contributed by atoms with Crippen molar-refractivity contribution >= 4 is 35.0 Å². The van der Waals surface area contributed by atoms with Gasteiger partial charge in [0.15, 0.2) is 0 Å². The summed E-state index contributed by atoms with van der Waals surface area (Å²) in [4.78, 5) is 50.0. The molecule has 0 aromatic heterocycles. The maximum Gasteiger partial charge on any atom is 0.256 e. The molecule has 10 heteroatoms. The molecule has 4 aromatic carbocycles. The summed E-state index contributed by atoms with van der Waals surface area (Å²) in [6, 6.07) is 32.7. The highest BCUT2D eigenvalue weighted by atomic mass is 35.5. The van der Waals surface area contributed by atoms with Crippen LogP contribution < -0.4 is 15.5 Å². The monoisotopic (exact) mass is 704 g/mol. The van der Waals surface area contributed by atoms with Crippen molar-refractivity contribution in [1.29, 1.82) is 0 Å². The number of carbonyl (C=O) groups is 3. The Kier molecular flexibility index (Phi) is 11.0. The average Bonchev–Trinajstić information content (AvgIpc) is 3.18. The van der Waals surface area contributed by atoms with Crippen molar-refractivity contribution in [3.63, 3.8) is 0 Å². The van der Waals surface area contributed by atoms with Gasteiger partial charge in [-0.15, -0.1) is 0 Å². The first kappa shape index (κ1) is 34.7. The average molecular weight is 705 g/mol. The van der Waals surface area contributed by atoms with Gasteiger partial charge >= 0.3 is 0 Å². The molecule has 3 heterocycles. The highest BCUT2D eigenvalue weighted by Crippen LogP contribution is 2.25. The third kappa shape index (κ3) is 8.44. The Morgan fingerprint density at radius 1 is 0.706 bits per heavy atom. The largest absolute Gasteiger partial charge is 0.367 e. The number of para-hydroxylation sites is 1. The van der Waals surface area contributed by atoms with Crippen molar-refractivity contribution in [2.45, 2.75) is 38.0 Å². The molecule has 2 atom stereocenters. The highest BCUT2D eigenvalue weighted by molar-refractivity contribution is 6.30. The van der Waals surface area contributed by atoms with E-state index in [1.165, 1.54) is 11.1 Å². The van der Waals surface area contributed by atoms with Gasteiger partial charge in [0, 0.05) is 82.6 Å². The molecule has 2 unspecified atom stereocenters. The molecule has 2 N–H and O–H groups in total. The minimum absolute atomic E-state index is 0.0492. The SMILES string of the molecule is O=C(NC(Cc1ccc(Cl)cc1)C(=O)N1CCN(c2ccccc2C(=O)N2CCN(Cc3ccccc3)CC2)CC1)C1Cc2ccccc2CN1. The van der Waals surface area contributed by atoms with E-state index >= 15 is 0 Å².